The van der Waals surface area contributed by atoms with Crippen molar-refractivity contribution >= 4 is 5.69 Å². The molecule has 3 rings (SSSR count). The van der Waals surface area contributed by atoms with Gasteiger partial charge in [-0.05, 0) is 18.6 Å². The molecule has 0 unspecified atom stereocenters. The maximum atomic E-state index is 11.5. The Morgan fingerprint density at radius 2 is 2.09 bits per heavy atom. The molecule has 1 aliphatic heterocycles. The van der Waals surface area contributed by atoms with Gasteiger partial charge in [0, 0.05) is 36.6 Å². The average Bonchev–Trinajstić information content (AvgIpc) is 2.87. The van der Waals surface area contributed by atoms with Crippen molar-refractivity contribution in [3.8, 4) is 5.69 Å². The van der Waals surface area contributed by atoms with Crippen molar-refractivity contribution < 1.29 is 4.92 Å². The van der Waals surface area contributed by atoms with Gasteiger partial charge in [0.2, 0.25) is 0 Å². The summed E-state index contributed by atoms with van der Waals surface area (Å²) in [5.74, 6) is 0. The molecule has 0 aliphatic carbocycles. The number of nitro groups is 1. The Morgan fingerprint density at radius 1 is 1.35 bits per heavy atom. The summed E-state index contributed by atoms with van der Waals surface area (Å²) < 4.78 is 1.79. The van der Waals surface area contributed by atoms with Gasteiger partial charge in [-0.15, -0.1) is 0 Å². The van der Waals surface area contributed by atoms with Crippen LogP contribution in [0.2, 0.25) is 0 Å². The summed E-state index contributed by atoms with van der Waals surface area (Å²) in [6, 6.07) is 5.31. The second-order valence-corrected chi connectivity index (χ2v) is 7.11. The van der Waals surface area contributed by atoms with Gasteiger partial charge in [-0.2, -0.15) is 5.10 Å². The number of hydrogen-bond donors (Lipinski definition) is 1. The molecule has 0 amide bonds. The third-order valence-electron chi connectivity index (χ3n) is 4.20. The lowest BCUT2D eigenvalue weighted by atomic mass is 9.88. The van der Waals surface area contributed by atoms with Gasteiger partial charge in [-0.1, -0.05) is 26.8 Å². The first-order valence-corrected chi connectivity index (χ1v) is 7.86. The topological polar surface area (TPSA) is 73.0 Å². The number of hydrogen-bond acceptors (Lipinski definition) is 4. The maximum absolute atomic E-state index is 11.5. The maximum Gasteiger partial charge on any atom is 0.295 e. The number of aromatic nitrogens is 2. The zero-order valence-electron chi connectivity index (χ0n) is 14.0. The summed E-state index contributed by atoms with van der Waals surface area (Å²) in [6.45, 7) is 9.86. The van der Waals surface area contributed by atoms with E-state index in [-0.39, 0.29) is 16.0 Å². The third-order valence-corrected chi connectivity index (χ3v) is 4.20. The SMILES string of the molecule is Cc1ccc(-n2nc(C(C)(C)C)c3c2CCNC3)c([N+](=O)[O-])c1. The van der Waals surface area contributed by atoms with E-state index in [0.717, 1.165) is 36.5 Å². The second-order valence-electron chi connectivity index (χ2n) is 7.11. The van der Waals surface area contributed by atoms with Crippen LogP contribution in [-0.2, 0) is 18.4 Å². The molecule has 1 aromatic carbocycles. The van der Waals surface area contributed by atoms with Gasteiger partial charge in [-0.3, -0.25) is 10.1 Å². The minimum atomic E-state index is -0.325. The average molecular weight is 314 g/mol. The van der Waals surface area contributed by atoms with Gasteiger partial charge in [0.1, 0.15) is 5.69 Å². The lowest BCUT2D eigenvalue weighted by molar-refractivity contribution is -0.384. The molecular formula is C17H22N4O2. The molecule has 0 radical (unpaired) electrons. The van der Waals surface area contributed by atoms with Crippen LogP contribution in [0.1, 0.15) is 43.3 Å². The fraction of sp³-hybridized carbons (Fsp3) is 0.471. The molecule has 2 heterocycles. The highest BCUT2D eigenvalue weighted by Gasteiger charge is 2.30. The van der Waals surface area contributed by atoms with Crippen LogP contribution in [0.3, 0.4) is 0 Å². The number of rotatable bonds is 2. The number of nitrogens with zero attached hydrogens (tertiary/aromatic N) is 3. The molecule has 122 valence electrons. The molecule has 0 fully saturated rings. The Hall–Kier alpha value is -2.21. The standard InChI is InChI=1S/C17H22N4O2/c1-11-5-6-14(15(9-11)21(22)23)20-13-7-8-18-10-12(13)16(19-20)17(2,3)4/h5-6,9,18H,7-8,10H2,1-4H3. The smallest absolute Gasteiger partial charge is 0.295 e. The summed E-state index contributed by atoms with van der Waals surface area (Å²) in [5.41, 5.74) is 4.70. The van der Waals surface area contributed by atoms with Crippen LogP contribution in [-0.4, -0.2) is 21.2 Å². The largest absolute Gasteiger partial charge is 0.312 e. The van der Waals surface area contributed by atoms with Crippen LogP contribution in [0.5, 0.6) is 0 Å². The number of fused-ring (bicyclic) bond motifs is 1. The molecule has 1 aliphatic rings. The lowest BCUT2D eigenvalue weighted by Crippen LogP contribution is -2.26. The Morgan fingerprint density at radius 3 is 2.74 bits per heavy atom. The fourth-order valence-corrected chi connectivity index (χ4v) is 3.11. The summed E-state index contributed by atoms with van der Waals surface area (Å²) in [7, 11) is 0. The van der Waals surface area contributed by atoms with Crippen LogP contribution in [0.15, 0.2) is 18.2 Å². The third kappa shape index (κ3) is 2.74. The molecule has 6 heteroatoms. The molecule has 0 saturated carbocycles. The summed E-state index contributed by atoms with van der Waals surface area (Å²) in [6.07, 6.45) is 0.823. The van der Waals surface area contributed by atoms with Crippen molar-refractivity contribution in [2.24, 2.45) is 0 Å². The predicted molar refractivity (Wildman–Crippen MR) is 89.1 cm³/mol. The predicted octanol–water partition coefficient (Wildman–Crippen LogP) is 3.03. The molecule has 2 aromatic rings. The van der Waals surface area contributed by atoms with Crippen molar-refractivity contribution in [2.75, 3.05) is 6.54 Å². The van der Waals surface area contributed by atoms with Gasteiger partial charge in [0.05, 0.1) is 16.3 Å². The molecule has 6 nitrogen and oxygen atoms in total. The molecule has 1 aromatic heterocycles. The quantitative estimate of drug-likeness (QED) is 0.683. The Kier molecular flexibility index (Phi) is 3.72. The molecule has 23 heavy (non-hydrogen) atoms. The van der Waals surface area contributed by atoms with Crippen LogP contribution in [0.4, 0.5) is 5.69 Å². The Bertz CT molecular complexity index is 772. The van der Waals surface area contributed by atoms with Crippen molar-refractivity contribution in [1.29, 1.82) is 0 Å². The van der Waals surface area contributed by atoms with Crippen LogP contribution < -0.4 is 5.32 Å². The number of benzene rings is 1. The van der Waals surface area contributed by atoms with Crippen LogP contribution in [0.25, 0.3) is 5.69 Å². The highest BCUT2D eigenvalue weighted by Crippen LogP contribution is 2.33. The minimum absolute atomic E-state index is 0.103. The van der Waals surface area contributed by atoms with Crippen molar-refractivity contribution in [2.45, 2.75) is 46.1 Å². The lowest BCUT2D eigenvalue weighted by Gasteiger charge is -2.20. The van der Waals surface area contributed by atoms with Gasteiger partial charge in [-0.25, -0.2) is 4.68 Å². The molecule has 1 N–H and O–H groups in total. The monoisotopic (exact) mass is 314 g/mol. The van der Waals surface area contributed by atoms with Crippen molar-refractivity contribution in [1.82, 2.24) is 15.1 Å². The molecule has 0 spiro atoms. The van der Waals surface area contributed by atoms with Gasteiger partial charge >= 0.3 is 0 Å². The van der Waals surface area contributed by atoms with E-state index < -0.39 is 0 Å². The van der Waals surface area contributed by atoms with Crippen molar-refractivity contribution in [3.63, 3.8) is 0 Å². The zero-order valence-corrected chi connectivity index (χ0v) is 14.0. The van der Waals surface area contributed by atoms with E-state index in [2.05, 4.69) is 26.1 Å². The number of aryl methyl sites for hydroxylation is 1. The number of nitrogens with one attached hydrogen (secondary N) is 1. The van der Waals surface area contributed by atoms with Crippen LogP contribution >= 0.6 is 0 Å². The molecule has 0 bridgehead atoms. The zero-order chi connectivity index (χ0) is 16.8. The Labute approximate surface area is 135 Å². The Balaban J connectivity index is 2.26. The van der Waals surface area contributed by atoms with E-state index in [1.165, 1.54) is 5.56 Å². The summed E-state index contributed by atoms with van der Waals surface area (Å²) >= 11 is 0. The van der Waals surface area contributed by atoms with E-state index in [9.17, 15) is 10.1 Å². The second kappa shape index (κ2) is 5.45. The summed E-state index contributed by atoms with van der Waals surface area (Å²) in [4.78, 5) is 11.1. The first-order chi connectivity index (χ1) is 10.8. The normalized spacial score (nSPS) is 14.6. The highest BCUT2D eigenvalue weighted by atomic mass is 16.6. The molecule has 0 saturated heterocycles. The first kappa shape index (κ1) is 15.7. The van der Waals surface area contributed by atoms with Gasteiger partial charge in [0.15, 0.2) is 0 Å². The minimum Gasteiger partial charge on any atom is -0.312 e. The van der Waals surface area contributed by atoms with Gasteiger partial charge in [0.25, 0.3) is 5.69 Å². The van der Waals surface area contributed by atoms with Gasteiger partial charge < -0.3 is 5.32 Å². The number of nitro benzene ring substituents is 1. The van der Waals surface area contributed by atoms with E-state index in [0.29, 0.717) is 5.69 Å². The van der Waals surface area contributed by atoms with Crippen LogP contribution in [0, 0.1) is 17.0 Å². The first-order valence-electron chi connectivity index (χ1n) is 7.86. The van der Waals surface area contributed by atoms with E-state index >= 15 is 0 Å². The summed E-state index contributed by atoms with van der Waals surface area (Å²) in [5, 5.41) is 19.6. The van der Waals surface area contributed by atoms with E-state index in [1.807, 2.05) is 13.0 Å². The van der Waals surface area contributed by atoms with E-state index in [1.54, 1.807) is 16.8 Å². The van der Waals surface area contributed by atoms with Crippen molar-refractivity contribution in [3.05, 3.63) is 50.8 Å². The fourth-order valence-electron chi connectivity index (χ4n) is 3.11. The van der Waals surface area contributed by atoms with E-state index in [4.69, 9.17) is 5.10 Å². The molecule has 0 atom stereocenters. The molecular weight excluding hydrogens is 292 g/mol. The highest BCUT2D eigenvalue weighted by molar-refractivity contribution is 5.55.